The average molecular weight is 850 g/mol. The summed E-state index contributed by atoms with van der Waals surface area (Å²) in [5.74, 6) is 4.90. The fraction of sp³-hybridized carbons (Fsp3) is 0.0656. The topological polar surface area (TPSA) is 57.1 Å². The molecule has 0 saturated heterocycles. The van der Waals surface area contributed by atoms with E-state index in [0.717, 1.165) is 61.4 Å². The number of nitrogens with zero attached hydrogens (tertiary/aromatic N) is 3. The van der Waals surface area contributed by atoms with Gasteiger partial charge in [-0.1, -0.05) is 214 Å². The first-order valence-electron chi connectivity index (χ1n) is 22.5. The molecular formula is C61H43N3O2. The lowest BCUT2D eigenvalue weighted by molar-refractivity contribution is 0.360. The minimum Gasteiger partial charge on any atom is -0.449 e. The van der Waals surface area contributed by atoms with E-state index in [0.29, 0.717) is 40.6 Å². The average Bonchev–Trinajstić information content (AvgIpc) is 3.70. The molecule has 1 aliphatic heterocycles. The molecule has 0 atom stereocenters. The third-order valence-electron chi connectivity index (χ3n) is 13.1. The summed E-state index contributed by atoms with van der Waals surface area (Å²) in [5.41, 5.74) is 14.6. The van der Waals surface area contributed by atoms with Crippen molar-refractivity contribution in [3.8, 4) is 90.5 Å². The van der Waals surface area contributed by atoms with Crippen LogP contribution in [0.4, 0.5) is 0 Å². The van der Waals surface area contributed by atoms with Crippen LogP contribution in [0.3, 0.4) is 0 Å². The smallest absolute Gasteiger partial charge is 0.178 e. The van der Waals surface area contributed by atoms with Gasteiger partial charge >= 0.3 is 0 Å². The molecule has 0 bridgehead atoms. The van der Waals surface area contributed by atoms with Crippen LogP contribution in [0.2, 0.25) is 0 Å². The molecule has 9 aromatic carbocycles. The van der Waals surface area contributed by atoms with E-state index in [9.17, 15) is 0 Å². The van der Waals surface area contributed by atoms with Crippen molar-refractivity contribution >= 4 is 0 Å². The molecule has 5 nitrogen and oxygen atoms in total. The van der Waals surface area contributed by atoms with Crippen molar-refractivity contribution in [1.29, 1.82) is 0 Å². The lowest BCUT2D eigenvalue weighted by Crippen LogP contribution is -2.28. The van der Waals surface area contributed by atoms with E-state index in [1.54, 1.807) is 0 Å². The summed E-state index contributed by atoms with van der Waals surface area (Å²) in [7, 11) is 0. The van der Waals surface area contributed by atoms with Gasteiger partial charge in [0, 0.05) is 22.3 Å². The van der Waals surface area contributed by atoms with Gasteiger partial charge in [0.05, 0.1) is 5.41 Å². The third kappa shape index (κ3) is 6.50. The van der Waals surface area contributed by atoms with Crippen molar-refractivity contribution in [2.24, 2.45) is 0 Å². The number of hydrogen-bond donors (Lipinski definition) is 0. The Bertz CT molecular complexity index is 3380. The maximum Gasteiger partial charge on any atom is 0.178 e. The summed E-state index contributed by atoms with van der Waals surface area (Å²) in [5, 5.41) is 0. The van der Waals surface area contributed by atoms with Crippen LogP contribution in [0.1, 0.15) is 47.6 Å². The molecule has 2 aliphatic rings. The van der Waals surface area contributed by atoms with Gasteiger partial charge in [-0.05, 0) is 79.8 Å². The van der Waals surface area contributed by atoms with Gasteiger partial charge in [-0.2, -0.15) is 0 Å². The van der Waals surface area contributed by atoms with E-state index in [1.807, 2.05) is 24.3 Å². The minimum atomic E-state index is -0.543. The zero-order chi connectivity index (χ0) is 44.2. The minimum absolute atomic E-state index is 0.411. The molecular weight excluding hydrogens is 807 g/mol. The summed E-state index contributed by atoms with van der Waals surface area (Å²) in [6.07, 6.45) is 0. The first kappa shape index (κ1) is 39.2. The molecule has 0 unspecified atom stereocenters. The lowest BCUT2D eigenvalue weighted by Gasteiger charge is -2.34. The van der Waals surface area contributed by atoms with Crippen molar-refractivity contribution in [3.63, 3.8) is 0 Å². The van der Waals surface area contributed by atoms with Crippen LogP contribution in [-0.2, 0) is 5.41 Å². The highest BCUT2D eigenvalue weighted by atomic mass is 16.6. The van der Waals surface area contributed by atoms with Gasteiger partial charge in [0.1, 0.15) is 0 Å². The van der Waals surface area contributed by atoms with Crippen LogP contribution >= 0.6 is 0 Å². The van der Waals surface area contributed by atoms with Gasteiger partial charge in [0.2, 0.25) is 0 Å². The fourth-order valence-corrected chi connectivity index (χ4v) is 9.88. The predicted octanol–water partition coefficient (Wildman–Crippen LogP) is 15.6. The molecule has 314 valence electrons. The van der Waals surface area contributed by atoms with Gasteiger partial charge in [-0.25, -0.2) is 15.0 Å². The molecule has 0 spiro atoms. The normalized spacial score (nSPS) is 12.9. The fourth-order valence-electron chi connectivity index (χ4n) is 9.88. The van der Waals surface area contributed by atoms with E-state index in [1.165, 1.54) is 22.3 Å². The second-order valence-corrected chi connectivity index (χ2v) is 17.3. The Morgan fingerprint density at radius 2 is 0.864 bits per heavy atom. The molecule has 12 rings (SSSR count). The molecule has 1 aromatic heterocycles. The number of aromatic nitrogens is 3. The molecule has 66 heavy (non-hydrogen) atoms. The molecule has 1 aliphatic carbocycles. The Hall–Kier alpha value is -8.41. The Labute approximate surface area is 384 Å². The first-order chi connectivity index (χ1) is 32.5. The van der Waals surface area contributed by atoms with Gasteiger partial charge in [-0.15, -0.1) is 0 Å². The molecule has 2 heterocycles. The van der Waals surface area contributed by atoms with Crippen molar-refractivity contribution in [2.45, 2.75) is 25.2 Å². The number of rotatable bonds is 8. The monoisotopic (exact) mass is 849 g/mol. The van der Waals surface area contributed by atoms with Crippen LogP contribution in [-0.4, -0.2) is 15.0 Å². The van der Waals surface area contributed by atoms with E-state index in [4.69, 9.17) is 24.4 Å². The second-order valence-electron chi connectivity index (χ2n) is 17.3. The van der Waals surface area contributed by atoms with E-state index < -0.39 is 5.41 Å². The van der Waals surface area contributed by atoms with Crippen LogP contribution in [0.5, 0.6) is 23.0 Å². The van der Waals surface area contributed by atoms with E-state index in [-0.39, 0.29) is 0 Å². The third-order valence-corrected chi connectivity index (χ3v) is 13.1. The summed E-state index contributed by atoms with van der Waals surface area (Å²) in [6.45, 7) is 4.40. The first-order valence-corrected chi connectivity index (χ1v) is 22.5. The Morgan fingerprint density at radius 1 is 0.364 bits per heavy atom. The Kier molecular flexibility index (Phi) is 9.50. The quantitative estimate of drug-likeness (QED) is 0.152. The van der Waals surface area contributed by atoms with Crippen LogP contribution in [0, 0.1) is 0 Å². The zero-order valence-electron chi connectivity index (χ0n) is 36.5. The highest BCUT2D eigenvalue weighted by Crippen LogP contribution is 2.62. The highest BCUT2D eigenvalue weighted by Gasteiger charge is 2.48. The van der Waals surface area contributed by atoms with E-state index in [2.05, 4.69) is 208 Å². The molecule has 0 fully saturated rings. The van der Waals surface area contributed by atoms with Gasteiger partial charge < -0.3 is 9.47 Å². The molecule has 0 saturated carbocycles. The maximum absolute atomic E-state index is 6.98. The second kappa shape index (κ2) is 16.0. The summed E-state index contributed by atoms with van der Waals surface area (Å²) in [6, 6.07) is 76.4. The molecule has 0 radical (unpaired) electrons. The number of ether oxygens (including phenoxy) is 2. The lowest BCUT2D eigenvalue weighted by atomic mass is 9.68. The van der Waals surface area contributed by atoms with Crippen molar-refractivity contribution in [3.05, 3.63) is 246 Å². The largest absolute Gasteiger partial charge is 0.449 e. The number of hydrogen-bond acceptors (Lipinski definition) is 5. The Balaban J connectivity index is 0.944. The summed E-state index contributed by atoms with van der Waals surface area (Å²) in [4.78, 5) is 15.4. The van der Waals surface area contributed by atoms with E-state index >= 15 is 0 Å². The molecule has 0 amide bonds. The number of benzene rings is 9. The van der Waals surface area contributed by atoms with Crippen LogP contribution in [0.25, 0.3) is 67.5 Å². The predicted molar refractivity (Wildman–Crippen MR) is 265 cm³/mol. The van der Waals surface area contributed by atoms with Gasteiger partial charge in [0.15, 0.2) is 40.5 Å². The molecule has 5 heteroatoms. The van der Waals surface area contributed by atoms with Crippen molar-refractivity contribution in [1.82, 2.24) is 15.0 Å². The molecule has 0 N–H and O–H groups in total. The Morgan fingerprint density at radius 3 is 1.52 bits per heavy atom. The van der Waals surface area contributed by atoms with Crippen LogP contribution in [0.15, 0.2) is 218 Å². The summed E-state index contributed by atoms with van der Waals surface area (Å²) >= 11 is 0. The maximum atomic E-state index is 6.98. The standard InChI is InChI=1S/C61H43N3O2/c1-39(2)40-26-30-43(31-27-40)58-62-59(44-32-28-42(29-33-44)41-16-6-3-7-17-41)64-60(63-58)49-23-13-12-22-48(49)45-34-36-53-55(38-45)65-54-37-35-52-56(57(54)66-53)50-24-14-15-25-51(50)61(52,46-18-8-4-9-19-46)47-20-10-5-11-21-47/h3-39H,1-2H3. The van der Waals surface area contributed by atoms with Gasteiger partial charge in [0.25, 0.3) is 0 Å². The zero-order valence-corrected chi connectivity index (χ0v) is 36.5. The highest BCUT2D eigenvalue weighted by molar-refractivity contribution is 5.92. The number of fused-ring (bicyclic) bond motifs is 6. The molecule has 10 aromatic rings. The van der Waals surface area contributed by atoms with Crippen LogP contribution < -0.4 is 9.47 Å². The van der Waals surface area contributed by atoms with Gasteiger partial charge in [-0.3, -0.25) is 0 Å². The SMILES string of the molecule is CC(C)c1ccc(-c2nc(-c3ccc(-c4ccccc4)cc3)nc(-c3ccccc3-c3ccc4c(c3)Oc3ccc5c(c3O4)-c3ccccc3C5(c3ccccc3)c3ccccc3)n2)cc1. The summed E-state index contributed by atoms with van der Waals surface area (Å²) < 4.78 is 13.8. The van der Waals surface area contributed by atoms with Crippen molar-refractivity contribution in [2.75, 3.05) is 0 Å². The van der Waals surface area contributed by atoms with Crippen molar-refractivity contribution < 1.29 is 9.47 Å².